The predicted octanol–water partition coefficient (Wildman–Crippen LogP) is 3.14. The maximum atomic E-state index is 12.5. The summed E-state index contributed by atoms with van der Waals surface area (Å²) < 4.78 is 0. The van der Waals surface area contributed by atoms with Crippen molar-refractivity contribution in [1.29, 1.82) is 0 Å². The van der Waals surface area contributed by atoms with Gasteiger partial charge in [0.25, 0.3) is 0 Å². The molecule has 2 atom stereocenters. The average Bonchev–Trinajstić information content (AvgIpc) is 2.99. The number of nitrogens with zero attached hydrogens (tertiary/aromatic N) is 1. The van der Waals surface area contributed by atoms with Gasteiger partial charge < -0.3 is 10.0 Å². The van der Waals surface area contributed by atoms with Gasteiger partial charge >= 0.3 is 5.97 Å². The second kappa shape index (κ2) is 7.43. The highest BCUT2D eigenvalue weighted by atomic mass is 16.4. The van der Waals surface area contributed by atoms with Gasteiger partial charge in [0.1, 0.15) is 0 Å². The van der Waals surface area contributed by atoms with Gasteiger partial charge in [-0.1, -0.05) is 57.0 Å². The molecular weight excluding hydrogens is 278 g/mol. The summed E-state index contributed by atoms with van der Waals surface area (Å²) in [7, 11) is 0. The fourth-order valence-corrected chi connectivity index (χ4v) is 3.25. The molecule has 2 rings (SSSR count). The van der Waals surface area contributed by atoms with Crippen molar-refractivity contribution in [2.75, 3.05) is 13.1 Å². The number of carbonyl (C=O) groups excluding carboxylic acids is 1. The maximum absolute atomic E-state index is 12.5. The minimum absolute atomic E-state index is 0.0957. The van der Waals surface area contributed by atoms with Crippen molar-refractivity contribution >= 4 is 11.9 Å². The van der Waals surface area contributed by atoms with Gasteiger partial charge in [0.05, 0.1) is 5.92 Å². The van der Waals surface area contributed by atoms with Crippen LogP contribution in [0.15, 0.2) is 30.3 Å². The molecule has 0 aromatic heterocycles. The fraction of sp³-hybridized carbons (Fsp3) is 0.556. The number of carboxylic acid groups (broad SMARTS) is 1. The van der Waals surface area contributed by atoms with Crippen molar-refractivity contribution in [3.8, 4) is 0 Å². The van der Waals surface area contributed by atoms with Crippen molar-refractivity contribution in [1.82, 2.24) is 4.90 Å². The molecule has 0 unspecified atom stereocenters. The lowest BCUT2D eigenvalue weighted by atomic mass is 9.89. The van der Waals surface area contributed by atoms with E-state index in [0.717, 1.165) is 18.4 Å². The van der Waals surface area contributed by atoms with E-state index in [9.17, 15) is 14.7 Å². The van der Waals surface area contributed by atoms with Gasteiger partial charge in [0.15, 0.2) is 0 Å². The van der Waals surface area contributed by atoms with E-state index in [-0.39, 0.29) is 11.8 Å². The number of hydrogen-bond donors (Lipinski definition) is 1. The number of aliphatic carboxylic acids is 1. The van der Waals surface area contributed by atoms with Gasteiger partial charge in [-0.05, 0) is 11.5 Å². The Balaban J connectivity index is 2.10. The zero-order valence-corrected chi connectivity index (χ0v) is 13.4. The highest BCUT2D eigenvalue weighted by Gasteiger charge is 2.40. The molecule has 1 aliphatic heterocycles. The number of carbonyl (C=O) groups is 2. The predicted molar refractivity (Wildman–Crippen MR) is 85.6 cm³/mol. The van der Waals surface area contributed by atoms with Gasteiger partial charge in [-0.3, -0.25) is 9.59 Å². The molecule has 4 nitrogen and oxygen atoms in total. The van der Waals surface area contributed by atoms with E-state index >= 15 is 0 Å². The zero-order chi connectivity index (χ0) is 16.1. The van der Waals surface area contributed by atoms with Crippen LogP contribution in [0.3, 0.4) is 0 Å². The lowest BCUT2D eigenvalue weighted by Gasteiger charge is -2.19. The Kier molecular flexibility index (Phi) is 5.58. The first-order valence-corrected chi connectivity index (χ1v) is 8.12. The minimum Gasteiger partial charge on any atom is -0.481 e. The molecule has 1 fully saturated rings. The van der Waals surface area contributed by atoms with Crippen molar-refractivity contribution < 1.29 is 14.7 Å². The van der Waals surface area contributed by atoms with Crippen molar-refractivity contribution in [3.63, 3.8) is 0 Å². The summed E-state index contributed by atoms with van der Waals surface area (Å²) in [5.74, 6) is -0.936. The zero-order valence-electron chi connectivity index (χ0n) is 13.4. The molecule has 4 heteroatoms. The Bertz CT molecular complexity index is 510. The lowest BCUT2D eigenvalue weighted by Crippen LogP contribution is -2.31. The van der Waals surface area contributed by atoms with E-state index in [4.69, 9.17) is 0 Å². The number of likely N-dealkylation sites (tertiary alicyclic amines) is 1. The lowest BCUT2D eigenvalue weighted by molar-refractivity contribution is -0.141. The van der Waals surface area contributed by atoms with Crippen LogP contribution in [0.5, 0.6) is 0 Å². The average molecular weight is 303 g/mol. The minimum atomic E-state index is -0.813. The highest BCUT2D eigenvalue weighted by molar-refractivity contribution is 5.79. The standard InChI is InChI=1S/C18H25NO3/c1-3-13(4-2)10-17(20)19-11-15(16(12-19)18(21)22)14-8-6-5-7-9-14/h5-9,13,15-16H,3-4,10-12H2,1-2H3,(H,21,22)/t15-,16-/m0/s1. The molecular formula is C18H25NO3. The van der Waals surface area contributed by atoms with Crippen molar-refractivity contribution in [3.05, 3.63) is 35.9 Å². The molecule has 0 bridgehead atoms. The number of amides is 1. The first kappa shape index (κ1) is 16.5. The molecule has 0 spiro atoms. The molecule has 120 valence electrons. The first-order chi connectivity index (χ1) is 10.6. The van der Waals surface area contributed by atoms with Crippen LogP contribution in [-0.2, 0) is 9.59 Å². The Labute approximate surface area is 132 Å². The van der Waals surface area contributed by atoms with Crippen LogP contribution in [0.1, 0.15) is 44.6 Å². The number of carboxylic acids is 1. The van der Waals surface area contributed by atoms with E-state index in [0.29, 0.717) is 25.4 Å². The van der Waals surface area contributed by atoms with E-state index in [1.54, 1.807) is 4.90 Å². The number of hydrogen-bond acceptors (Lipinski definition) is 2. The Hall–Kier alpha value is -1.84. The Morgan fingerprint density at radius 1 is 1.18 bits per heavy atom. The quantitative estimate of drug-likeness (QED) is 0.878. The highest BCUT2D eigenvalue weighted by Crippen LogP contribution is 2.33. The topological polar surface area (TPSA) is 57.6 Å². The molecule has 22 heavy (non-hydrogen) atoms. The number of benzene rings is 1. The number of rotatable bonds is 6. The molecule has 0 radical (unpaired) electrons. The van der Waals surface area contributed by atoms with Crippen LogP contribution in [0.4, 0.5) is 0 Å². The summed E-state index contributed by atoms with van der Waals surface area (Å²) in [4.78, 5) is 25.7. The monoisotopic (exact) mass is 303 g/mol. The van der Waals surface area contributed by atoms with Crippen LogP contribution in [0.25, 0.3) is 0 Å². The molecule has 0 aliphatic carbocycles. The molecule has 1 saturated heterocycles. The largest absolute Gasteiger partial charge is 0.481 e. The van der Waals surface area contributed by atoms with Crippen LogP contribution < -0.4 is 0 Å². The summed E-state index contributed by atoms with van der Waals surface area (Å²) in [6.07, 6.45) is 2.50. The van der Waals surface area contributed by atoms with Gasteiger partial charge in [0, 0.05) is 25.4 Å². The molecule has 1 aromatic rings. The normalized spacial score (nSPS) is 21.3. The molecule has 1 N–H and O–H groups in total. The molecule has 1 aromatic carbocycles. The third kappa shape index (κ3) is 3.67. The van der Waals surface area contributed by atoms with E-state index in [1.165, 1.54) is 0 Å². The van der Waals surface area contributed by atoms with Crippen LogP contribution in [-0.4, -0.2) is 35.0 Å². The molecule has 1 amide bonds. The van der Waals surface area contributed by atoms with Crippen LogP contribution >= 0.6 is 0 Å². The third-order valence-electron chi connectivity index (χ3n) is 4.84. The van der Waals surface area contributed by atoms with Gasteiger partial charge in [0.2, 0.25) is 5.91 Å². The second-order valence-electron chi connectivity index (χ2n) is 6.15. The molecule has 1 heterocycles. The van der Waals surface area contributed by atoms with Crippen molar-refractivity contribution in [2.45, 2.75) is 39.0 Å². The van der Waals surface area contributed by atoms with Gasteiger partial charge in [-0.15, -0.1) is 0 Å². The van der Waals surface area contributed by atoms with Gasteiger partial charge in [-0.25, -0.2) is 0 Å². The maximum Gasteiger partial charge on any atom is 0.308 e. The van der Waals surface area contributed by atoms with Crippen LogP contribution in [0, 0.1) is 11.8 Å². The molecule has 0 saturated carbocycles. The SMILES string of the molecule is CCC(CC)CC(=O)N1C[C@H](C(=O)O)[C@H](c2ccccc2)C1. The Morgan fingerprint density at radius 3 is 2.36 bits per heavy atom. The fourth-order valence-electron chi connectivity index (χ4n) is 3.25. The summed E-state index contributed by atoms with van der Waals surface area (Å²) in [6.45, 7) is 5.03. The van der Waals surface area contributed by atoms with Crippen LogP contribution in [0.2, 0.25) is 0 Å². The summed E-state index contributed by atoms with van der Waals surface area (Å²) >= 11 is 0. The first-order valence-electron chi connectivity index (χ1n) is 8.12. The smallest absolute Gasteiger partial charge is 0.308 e. The summed E-state index contributed by atoms with van der Waals surface area (Å²) in [6, 6.07) is 9.67. The Morgan fingerprint density at radius 2 is 1.82 bits per heavy atom. The van der Waals surface area contributed by atoms with Crippen molar-refractivity contribution in [2.24, 2.45) is 11.8 Å². The molecule has 1 aliphatic rings. The van der Waals surface area contributed by atoms with E-state index in [1.807, 2.05) is 30.3 Å². The summed E-state index contributed by atoms with van der Waals surface area (Å²) in [5.41, 5.74) is 1.01. The second-order valence-corrected chi connectivity index (χ2v) is 6.15. The third-order valence-corrected chi connectivity index (χ3v) is 4.84. The summed E-state index contributed by atoms with van der Waals surface area (Å²) in [5, 5.41) is 9.48. The van der Waals surface area contributed by atoms with Gasteiger partial charge in [-0.2, -0.15) is 0 Å². The van der Waals surface area contributed by atoms with E-state index in [2.05, 4.69) is 13.8 Å². The van der Waals surface area contributed by atoms with E-state index < -0.39 is 11.9 Å².